The minimum atomic E-state index is 0.498. The van der Waals surface area contributed by atoms with Gasteiger partial charge in [-0.05, 0) is 33.1 Å². The molecule has 94 valence electrons. The number of piperazine rings is 1. The lowest BCUT2D eigenvalue weighted by Gasteiger charge is -2.54. The van der Waals surface area contributed by atoms with E-state index in [2.05, 4.69) is 31.0 Å². The molecule has 0 aromatic rings. The summed E-state index contributed by atoms with van der Waals surface area (Å²) in [4.78, 5) is 2.80. The van der Waals surface area contributed by atoms with E-state index in [-0.39, 0.29) is 0 Å². The first-order chi connectivity index (χ1) is 7.68. The van der Waals surface area contributed by atoms with Crippen LogP contribution in [0.4, 0.5) is 0 Å². The number of hydrogen-bond acceptors (Lipinski definition) is 2. The van der Waals surface area contributed by atoms with Crippen LogP contribution < -0.4 is 5.32 Å². The first kappa shape index (κ1) is 12.4. The summed E-state index contributed by atoms with van der Waals surface area (Å²) in [5, 5.41) is 3.77. The molecule has 2 rings (SSSR count). The molecule has 16 heavy (non-hydrogen) atoms. The van der Waals surface area contributed by atoms with Gasteiger partial charge in [0, 0.05) is 30.7 Å². The third kappa shape index (κ3) is 2.28. The van der Waals surface area contributed by atoms with E-state index in [0.717, 1.165) is 6.04 Å². The van der Waals surface area contributed by atoms with Gasteiger partial charge in [-0.15, -0.1) is 0 Å². The SMILES string of the molecule is CCC1CN(C(C)C)C2(CCCCC2)CN1. The molecule has 2 nitrogen and oxygen atoms in total. The molecule has 1 atom stereocenters. The van der Waals surface area contributed by atoms with Crippen molar-refractivity contribution in [2.45, 2.75) is 76.9 Å². The zero-order valence-electron chi connectivity index (χ0n) is 11.3. The van der Waals surface area contributed by atoms with E-state index < -0.39 is 0 Å². The number of nitrogens with one attached hydrogen (secondary N) is 1. The van der Waals surface area contributed by atoms with Crippen molar-refractivity contribution in [3.63, 3.8) is 0 Å². The molecule has 0 aromatic carbocycles. The van der Waals surface area contributed by atoms with Crippen molar-refractivity contribution in [2.24, 2.45) is 0 Å². The van der Waals surface area contributed by atoms with Crippen LogP contribution in [0.2, 0.25) is 0 Å². The summed E-state index contributed by atoms with van der Waals surface area (Å²) in [6.07, 6.45) is 8.40. The van der Waals surface area contributed by atoms with Gasteiger partial charge in [-0.3, -0.25) is 4.90 Å². The van der Waals surface area contributed by atoms with Crippen molar-refractivity contribution in [1.82, 2.24) is 10.2 Å². The van der Waals surface area contributed by atoms with E-state index in [1.165, 1.54) is 51.6 Å². The van der Waals surface area contributed by atoms with Gasteiger partial charge < -0.3 is 5.32 Å². The number of hydrogen-bond donors (Lipinski definition) is 1. The second-order valence-electron chi connectivity index (χ2n) is 6.02. The Labute approximate surface area is 101 Å². The predicted octanol–water partition coefficient (Wildman–Crippen LogP) is 2.78. The lowest BCUT2D eigenvalue weighted by atomic mass is 9.77. The lowest BCUT2D eigenvalue weighted by molar-refractivity contribution is -0.0133. The topological polar surface area (TPSA) is 15.3 Å². The molecule has 2 heteroatoms. The number of rotatable bonds is 2. The zero-order chi connectivity index (χ0) is 11.6. The highest BCUT2D eigenvalue weighted by Gasteiger charge is 2.42. The predicted molar refractivity (Wildman–Crippen MR) is 69.7 cm³/mol. The molecule has 1 saturated heterocycles. The molecular weight excluding hydrogens is 196 g/mol. The Morgan fingerprint density at radius 3 is 2.50 bits per heavy atom. The van der Waals surface area contributed by atoms with Gasteiger partial charge in [0.15, 0.2) is 0 Å². The Morgan fingerprint density at radius 2 is 1.94 bits per heavy atom. The molecule has 1 heterocycles. The van der Waals surface area contributed by atoms with Gasteiger partial charge in [0.1, 0.15) is 0 Å². The molecule has 2 aliphatic rings. The fourth-order valence-corrected chi connectivity index (χ4v) is 3.64. The maximum absolute atomic E-state index is 3.77. The molecule has 0 aromatic heterocycles. The summed E-state index contributed by atoms with van der Waals surface area (Å²) in [5.74, 6) is 0. The number of nitrogens with zero attached hydrogens (tertiary/aromatic N) is 1. The maximum Gasteiger partial charge on any atom is 0.0337 e. The van der Waals surface area contributed by atoms with E-state index in [1.807, 2.05) is 0 Å². The smallest absolute Gasteiger partial charge is 0.0337 e. The van der Waals surface area contributed by atoms with Crippen LogP contribution >= 0.6 is 0 Å². The normalized spacial score (nSPS) is 31.1. The molecule has 0 radical (unpaired) electrons. The molecule has 2 fully saturated rings. The van der Waals surface area contributed by atoms with Gasteiger partial charge >= 0.3 is 0 Å². The summed E-state index contributed by atoms with van der Waals surface area (Å²) < 4.78 is 0. The summed E-state index contributed by atoms with van der Waals surface area (Å²) in [7, 11) is 0. The summed E-state index contributed by atoms with van der Waals surface area (Å²) in [5.41, 5.74) is 0.498. The summed E-state index contributed by atoms with van der Waals surface area (Å²) in [6.45, 7) is 9.52. The van der Waals surface area contributed by atoms with Gasteiger partial charge in [0.2, 0.25) is 0 Å². The fourth-order valence-electron chi connectivity index (χ4n) is 3.64. The molecular formula is C14H28N2. The van der Waals surface area contributed by atoms with E-state index in [4.69, 9.17) is 0 Å². The summed E-state index contributed by atoms with van der Waals surface area (Å²) in [6, 6.07) is 1.42. The molecule has 0 amide bonds. The highest BCUT2D eigenvalue weighted by atomic mass is 15.3. The monoisotopic (exact) mass is 224 g/mol. The highest BCUT2D eigenvalue weighted by Crippen LogP contribution is 2.36. The molecule has 1 saturated carbocycles. The summed E-state index contributed by atoms with van der Waals surface area (Å²) >= 11 is 0. The van der Waals surface area contributed by atoms with Crippen LogP contribution in [0.1, 0.15) is 59.3 Å². The molecule has 1 spiro atoms. The minimum Gasteiger partial charge on any atom is -0.311 e. The van der Waals surface area contributed by atoms with Crippen molar-refractivity contribution in [1.29, 1.82) is 0 Å². The molecule has 1 N–H and O–H groups in total. The van der Waals surface area contributed by atoms with Crippen LogP contribution in [0, 0.1) is 0 Å². The van der Waals surface area contributed by atoms with Crippen LogP contribution in [-0.2, 0) is 0 Å². The third-order valence-corrected chi connectivity index (χ3v) is 4.65. The Bertz CT molecular complexity index is 219. The Kier molecular flexibility index (Phi) is 3.91. The van der Waals surface area contributed by atoms with Crippen molar-refractivity contribution >= 4 is 0 Å². The fraction of sp³-hybridized carbons (Fsp3) is 1.00. The first-order valence-corrected chi connectivity index (χ1v) is 7.18. The van der Waals surface area contributed by atoms with E-state index >= 15 is 0 Å². The van der Waals surface area contributed by atoms with Crippen molar-refractivity contribution in [2.75, 3.05) is 13.1 Å². The van der Waals surface area contributed by atoms with Crippen LogP contribution in [0.25, 0.3) is 0 Å². The average Bonchev–Trinajstić information content (AvgIpc) is 2.30. The van der Waals surface area contributed by atoms with Gasteiger partial charge in [0.05, 0.1) is 0 Å². The van der Waals surface area contributed by atoms with Crippen LogP contribution in [0.15, 0.2) is 0 Å². The first-order valence-electron chi connectivity index (χ1n) is 7.18. The van der Waals surface area contributed by atoms with Gasteiger partial charge in [-0.1, -0.05) is 26.2 Å². The third-order valence-electron chi connectivity index (χ3n) is 4.65. The van der Waals surface area contributed by atoms with Crippen molar-refractivity contribution in [3.8, 4) is 0 Å². The molecule has 1 aliphatic heterocycles. The van der Waals surface area contributed by atoms with Crippen LogP contribution in [0.5, 0.6) is 0 Å². The van der Waals surface area contributed by atoms with Gasteiger partial charge in [0.25, 0.3) is 0 Å². The molecule has 1 unspecified atom stereocenters. The van der Waals surface area contributed by atoms with E-state index in [0.29, 0.717) is 11.6 Å². The highest BCUT2D eigenvalue weighted by molar-refractivity contribution is 5.01. The zero-order valence-corrected chi connectivity index (χ0v) is 11.3. The van der Waals surface area contributed by atoms with Crippen LogP contribution in [-0.4, -0.2) is 35.6 Å². The van der Waals surface area contributed by atoms with Crippen LogP contribution in [0.3, 0.4) is 0 Å². The Hall–Kier alpha value is -0.0800. The largest absolute Gasteiger partial charge is 0.311 e. The quantitative estimate of drug-likeness (QED) is 0.776. The average molecular weight is 224 g/mol. The van der Waals surface area contributed by atoms with Crippen molar-refractivity contribution < 1.29 is 0 Å². The Balaban J connectivity index is 2.10. The Morgan fingerprint density at radius 1 is 1.25 bits per heavy atom. The lowest BCUT2D eigenvalue weighted by Crippen LogP contribution is -2.66. The maximum atomic E-state index is 3.77. The molecule has 1 aliphatic carbocycles. The van der Waals surface area contributed by atoms with E-state index in [9.17, 15) is 0 Å². The minimum absolute atomic E-state index is 0.498. The second-order valence-corrected chi connectivity index (χ2v) is 6.02. The van der Waals surface area contributed by atoms with Gasteiger partial charge in [-0.25, -0.2) is 0 Å². The van der Waals surface area contributed by atoms with Gasteiger partial charge in [-0.2, -0.15) is 0 Å². The standard InChI is InChI=1S/C14H28N2/c1-4-13-10-16(12(2)3)14(11-15-13)8-6-5-7-9-14/h12-13,15H,4-11H2,1-3H3. The molecule has 0 bridgehead atoms. The van der Waals surface area contributed by atoms with E-state index in [1.54, 1.807) is 0 Å². The van der Waals surface area contributed by atoms with Crippen molar-refractivity contribution in [3.05, 3.63) is 0 Å². The second kappa shape index (κ2) is 5.05.